The molecule has 1 aliphatic rings. The third-order valence-corrected chi connectivity index (χ3v) is 2.17. The molecular weight excluding hydrogens is 218 g/mol. The summed E-state index contributed by atoms with van der Waals surface area (Å²) in [7, 11) is 0. The summed E-state index contributed by atoms with van der Waals surface area (Å²) in [6, 6.07) is 0.463. The van der Waals surface area contributed by atoms with Crippen molar-refractivity contribution in [3.63, 3.8) is 0 Å². The molecule has 1 rings (SSSR count). The number of carbonyl (C=O) groups is 2. The molecule has 0 aromatic rings. The third kappa shape index (κ3) is 5.64. The second kappa shape index (κ2) is 6.41. The number of nitrogens with two attached hydrogens (primary N) is 1. The Hall–Kier alpha value is -1.18. The smallest absolute Gasteiger partial charge is 0.335 e. The molecule has 0 bridgehead atoms. The first-order valence-electron chi connectivity index (χ1n) is 4.84. The SMILES string of the molecule is CC(N)C1CC1.O=C(O)C(O)C(O)C(=O)O. The van der Waals surface area contributed by atoms with Crippen LogP contribution in [0.5, 0.6) is 0 Å². The number of hydrogen-bond donors (Lipinski definition) is 5. The average molecular weight is 235 g/mol. The van der Waals surface area contributed by atoms with Crippen LogP contribution in [0, 0.1) is 5.92 Å². The lowest BCUT2D eigenvalue weighted by Crippen LogP contribution is -2.39. The second-order valence-corrected chi connectivity index (χ2v) is 3.76. The fourth-order valence-electron chi connectivity index (χ4n) is 0.892. The molecule has 1 aliphatic carbocycles. The number of aliphatic hydroxyl groups excluding tert-OH is 2. The summed E-state index contributed by atoms with van der Waals surface area (Å²) >= 11 is 0. The Labute approximate surface area is 92.5 Å². The van der Waals surface area contributed by atoms with E-state index in [-0.39, 0.29) is 0 Å². The van der Waals surface area contributed by atoms with Crippen LogP contribution in [-0.4, -0.2) is 50.6 Å². The third-order valence-electron chi connectivity index (χ3n) is 2.17. The van der Waals surface area contributed by atoms with Crippen LogP contribution in [0.1, 0.15) is 19.8 Å². The summed E-state index contributed by atoms with van der Waals surface area (Å²) in [6.45, 7) is 2.08. The van der Waals surface area contributed by atoms with Gasteiger partial charge in [-0.25, -0.2) is 9.59 Å². The summed E-state index contributed by atoms with van der Waals surface area (Å²) in [6.07, 6.45) is -1.79. The zero-order valence-electron chi connectivity index (χ0n) is 8.91. The largest absolute Gasteiger partial charge is 0.479 e. The number of hydrogen-bond acceptors (Lipinski definition) is 5. The van der Waals surface area contributed by atoms with Gasteiger partial charge in [0.15, 0.2) is 12.2 Å². The molecule has 0 spiro atoms. The van der Waals surface area contributed by atoms with E-state index in [4.69, 9.17) is 26.2 Å². The highest BCUT2D eigenvalue weighted by Crippen LogP contribution is 2.30. The highest BCUT2D eigenvalue weighted by atomic mass is 16.4. The molecule has 3 atom stereocenters. The van der Waals surface area contributed by atoms with Crippen molar-refractivity contribution in [3.05, 3.63) is 0 Å². The van der Waals surface area contributed by atoms with Crippen molar-refractivity contribution in [2.75, 3.05) is 0 Å². The van der Waals surface area contributed by atoms with E-state index >= 15 is 0 Å². The van der Waals surface area contributed by atoms with E-state index in [9.17, 15) is 9.59 Å². The number of carboxylic acids is 2. The molecule has 0 aromatic carbocycles. The Balaban J connectivity index is 0.000000315. The quantitative estimate of drug-likeness (QED) is 0.404. The van der Waals surface area contributed by atoms with E-state index in [2.05, 4.69) is 6.92 Å². The predicted octanol–water partition coefficient (Wildman–Crippen LogP) is -1.38. The van der Waals surface area contributed by atoms with Crippen LogP contribution >= 0.6 is 0 Å². The van der Waals surface area contributed by atoms with Crippen molar-refractivity contribution < 1.29 is 30.0 Å². The Morgan fingerprint density at radius 1 is 1.12 bits per heavy atom. The lowest BCUT2D eigenvalue weighted by atomic mass is 10.2. The fraction of sp³-hybridized carbons (Fsp3) is 0.778. The zero-order valence-corrected chi connectivity index (χ0v) is 8.91. The van der Waals surface area contributed by atoms with Crippen molar-refractivity contribution in [1.82, 2.24) is 0 Å². The van der Waals surface area contributed by atoms with Crippen molar-refractivity contribution in [2.45, 2.75) is 38.0 Å². The first-order chi connectivity index (χ1) is 7.27. The molecule has 0 saturated heterocycles. The van der Waals surface area contributed by atoms with Crippen LogP contribution in [0.25, 0.3) is 0 Å². The van der Waals surface area contributed by atoms with Gasteiger partial charge in [-0.15, -0.1) is 0 Å². The predicted molar refractivity (Wildman–Crippen MR) is 53.7 cm³/mol. The number of aliphatic carboxylic acids is 2. The molecule has 0 amide bonds. The van der Waals surface area contributed by atoms with Crippen LogP contribution in [0.2, 0.25) is 0 Å². The monoisotopic (exact) mass is 235 g/mol. The van der Waals surface area contributed by atoms with E-state index in [1.807, 2.05) is 0 Å². The van der Waals surface area contributed by atoms with Gasteiger partial charge in [-0.05, 0) is 25.7 Å². The Kier molecular flexibility index (Phi) is 5.94. The Morgan fingerprint density at radius 2 is 1.44 bits per heavy atom. The van der Waals surface area contributed by atoms with E-state index in [0.717, 1.165) is 5.92 Å². The molecule has 3 unspecified atom stereocenters. The fourth-order valence-corrected chi connectivity index (χ4v) is 0.892. The number of rotatable bonds is 4. The van der Waals surface area contributed by atoms with Gasteiger partial charge < -0.3 is 26.2 Å². The van der Waals surface area contributed by atoms with Gasteiger partial charge in [0.05, 0.1) is 0 Å². The van der Waals surface area contributed by atoms with Crippen molar-refractivity contribution in [2.24, 2.45) is 11.7 Å². The molecule has 7 nitrogen and oxygen atoms in total. The molecule has 0 aliphatic heterocycles. The minimum Gasteiger partial charge on any atom is -0.479 e. The van der Waals surface area contributed by atoms with Gasteiger partial charge in [0.25, 0.3) is 0 Å². The van der Waals surface area contributed by atoms with Crippen LogP contribution in [0.4, 0.5) is 0 Å². The molecule has 6 N–H and O–H groups in total. The maximum atomic E-state index is 9.77. The molecular formula is C9H17NO6. The lowest BCUT2D eigenvalue weighted by Gasteiger charge is -2.07. The van der Waals surface area contributed by atoms with Crippen LogP contribution in [0.15, 0.2) is 0 Å². The first-order valence-corrected chi connectivity index (χ1v) is 4.84. The van der Waals surface area contributed by atoms with Crippen molar-refractivity contribution in [1.29, 1.82) is 0 Å². The van der Waals surface area contributed by atoms with E-state index < -0.39 is 24.1 Å². The topological polar surface area (TPSA) is 141 Å². The molecule has 0 aromatic heterocycles. The maximum absolute atomic E-state index is 9.77. The van der Waals surface area contributed by atoms with E-state index in [1.54, 1.807) is 0 Å². The minimum absolute atomic E-state index is 0.463. The average Bonchev–Trinajstić information content (AvgIpc) is 2.99. The van der Waals surface area contributed by atoms with Gasteiger partial charge in [0.1, 0.15) is 0 Å². The Bertz CT molecular complexity index is 232. The van der Waals surface area contributed by atoms with Gasteiger partial charge in [0.2, 0.25) is 0 Å². The molecule has 0 heterocycles. The molecule has 1 fully saturated rings. The van der Waals surface area contributed by atoms with Crippen molar-refractivity contribution >= 4 is 11.9 Å². The highest BCUT2D eigenvalue weighted by Gasteiger charge is 2.29. The van der Waals surface area contributed by atoms with Gasteiger partial charge in [0, 0.05) is 6.04 Å². The number of aliphatic hydroxyl groups is 2. The van der Waals surface area contributed by atoms with Crippen LogP contribution < -0.4 is 5.73 Å². The normalized spacial score (nSPS) is 20.0. The lowest BCUT2D eigenvalue weighted by molar-refractivity contribution is -0.165. The van der Waals surface area contributed by atoms with E-state index in [0.29, 0.717) is 6.04 Å². The molecule has 16 heavy (non-hydrogen) atoms. The minimum atomic E-state index is -2.27. The van der Waals surface area contributed by atoms with Crippen molar-refractivity contribution in [3.8, 4) is 0 Å². The molecule has 1 saturated carbocycles. The summed E-state index contributed by atoms with van der Waals surface area (Å²) in [5.74, 6) is -2.66. The highest BCUT2D eigenvalue weighted by molar-refractivity contribution is 5.83. The summed E-state index contributed by atoms with van der Waals surface area (Å²) in [5, 5.41) is 32.5. The number of carboxylic acid groups (broad SMARTS) is 2. The van der Waals surface area contributed by atoms with Crippen LogP contribution in [0.3, 0.4) is 0 Å². The molecule has 0 radical (unpaired) electrons. The maximum Gasteiger partial charge on any atom is 0.335 e. The first kappa shape index (κ1) is 14.8. The Morgan fingerprint density at radius 3 is 1.50 bits per heavy atom. The summed E-state index contributed by atoms with van der Waals surface area (Å²) in [4.78, 5) is 19.5. The summed E-state index contributed by atoms with van der Waals surface area (Å²) < 4.78 is 0. The second-order valence-electron chi connectivity index (χ2n) is 3.76. The summed E-state index contributed by atoms with van der Waals surface area (Å²) in [5.41, 5.74) is 5.50. The van der Waals surface area contributed by atoms with Gasteiger partial charge in [-0.3, -0.25) is 0 Å². The van der Waals surface area contributed by atoms with Gasteiger partial charge >= 0.3 is 11.9 Å². The van der Waals surface area contributed by atoms with Gasteiger partial charge in [-0.2, -0.15) is 0 Å². The van der Waals surface area contributed by atoms with Crippen LogP contribution in [-0.2, 0) is 9.59 Å². The van der Waals surface area contributed by atoms with Gasteiger partial charge in [-0.1, -0.05) is 0 Å². The standard InChI is InChI=1S/C5H11N.C4H6O6/c1-4(6)5-2-3-5;5-1(3(7)8)2(6)4(9)10/h4-5H,2-3,6H2,1H3;1-2,5-6H,(H,7,8)(H,9,10). The van der Waals surface area contributed by atoms with E-state index in [1.165, 1.54) is 12.8 Å². The molecule has 94 valence electrons. The molecule has 7 heteroatoms. The zero-order chi connectivity index (χ0) is 12.9.